The fourth-order valence-corrected chi connectivity index (χ4v) is 1.57. The summed E-state index contributed by atoms with van der Waals surface area (Å²) in [4.78, 5) is 23.8. The highest BCUT2D eigenvalue weighted by molar-refractivity contribution is 9.10. The van der Waals surface area contributed by atoms with Gasteiger partial charge in [-0.05, 0) is 28.1 Å². The van der Waals surface area contributed by atoms with Crippen molar-refractivity contribution in [3.05, 3.63) is 52.8 Å². The maximum Gasteiger partial charge on any atom is 0.271 e. The summed E-state index contributed by atoms with van der Waals surface area (Å²) in [5, 5.41) is 2.77. The molecule has 0 bridgehead atoms. The first-order chi connectivity index (χ1) is 8.75. The second-order valence-corrected chi connectivity index (χ2v) is 4.36. The first-order valence-electron chi connectivity index (χ1n) is 5.41. The molecule has 0 atom stereocenters. The number of nitrogens with zero attached hydrogens (tertiary/aromatic N) is 3. The van der Waals surface area contributed by atoms with Crippen LogP contribution in [0.3, 0.4) is 0 Å². The molecule has 2 heterocycles. The number of rotatable bonds is 4. The number of carbonyl (C=O) groups is 1. The lowest BCUT2D eigenvalue weighted by atomic mass is 10.2. The molecule has 0 radical (unpaired) electrons. The zero-order valence-corrected chi connectivity index (χ0v) is 11.1. The fraction of sp³-hybridized carbons (Fsp3) is 0.167. The van der Waals surface area contributed by atoms with Crippen molar-refractivity contribution < 1.29 is 4.79 Å². The van der Waals surface area contributed by atoms with Gasteiger partial charge in [0.15, 0.2) is 0 Å². The highest BCUT2D eigenvalue weighted by Crippen LogP contribution is 2.02. The number of amides is 1. The maximum atomic E-state index is 11.7. The topological polar surface area (TPSA) is 67.8 Å². The Morgan fingerprint density at radius 3 is 2.78 bits per heavy atom. The van der Waals surface area contributed by atoms with Crippen molar-refractivity contribution in [2.24, 2.45) is 0 Å². The van der Waals surface area contributed by atoms with Crippen LogP contribution in [-0.2, 0) is 6.42 Å². The van der Waals surface area contributed by atoms with E-state index in [0.717, 1.165) is 5.69 Å². The molecule has 1 amide bonds. The minimum absolute atomic E-state index is 0.231. The minimum Gasteiger partial charge on any atom is -0.350 e. The number of carbonyl (C=O) groups excluding carboxylic acids is 1. The summed E-state index contributed by atoms with van der Waals surface area (Å²) in [5.74, 6) is -0.231. The number of pyridine rings is 1. The lowest BCUT2D eigenvalue weighted by Gasteiger charge is -2.03. The average Bonchev–Trinajstić information content (AvgIpc) is 2.40. The minimum atomic E-state index is -0.231. The van der Waals surface area contributed by atoms with Gasteiger partial charge in [-0.3, -0.25) is 9.78 Å². The second-order valence-electron chi connectivity index (χ2n) is 3.55. The molecule has 5 nitrogen and oxygen atoms in total. The Hall–Kier alpha value is -1.82. The molecule has 1 N–H and O–H groups in total. The van der Waals surface area contributed by atoms with Crippen molar-refractivity contribution in [1.82, 2.24) is 20.3 Å². The van der Waals surface area contributed by atoms with E-state index in [9.17, 15) is 4.79 Å². The molecule has 0 aliphatic rings. The molecule has 0 saturated heterocycles. The standard InChI is InChI=1S/C12H11BrN4O/c13-11-8-16-10(7-17-11)12(18)15-6-4-9-3-1-2-5-14-9/h1-3,5,7-8H,4,6H2,(H,15,18). The monoisotopic (exact) mass is 306 g/mol. The van der Waals surface area contributed by atoms with E-state index in [1.807, 2.05) is 18.2 Å². The van der Waals surface area contributed by atoms with Crippen LogP contribution in [0.5, 0.6) is 0 Å². The highest BCUT2D eigenvalue weighted by Gasteiger charge is 2.06. The third kappa shape index (κ3) is 3.59. The van der Waals surface area contributed by atoms with E-state index >= 15 is 0 Å². The van der Waals surface area contributed by atoms with E-state index in [1.54, 1.807) is 6.20 Å². The fourth-order valence-electron chi connectivity index (χ4n) is 1.37. The third-order valence-corrected chi connectivity index (χ3v) is 2.66. The van der Waals surface area contributed by atoms with Crippen molar-refractivity contribution >= 4 is 21.8 Å². The van der Waals surface area contributed by atoms with Crippen LogP contribution < -0.4 is 5.32 Å². The number of hydrogen-bond donors (Lipinski definition) is 1. The number of nitrogens with one attached hydrogen (secondary N) is 1. The molecule has 0 fully saturated rings. The van der Waals surface area contributed by atoms with Crippen LogP contribution in [0.2, 0.25) is 0 Å². The van der Waals surface area contributed by atoms with Crippen LogP contribution in [-0.4, -0.2) is 27.4 Å². The van der Waals surface area contributed by atoms with Gasteiger partial charge in [-0.15, -0.1) is 0 Å². The quantitative estimate of drug-likeness (QED) is 0.932. The first kappa shape index (κ1) is 12.6. The maximum absolute atomic E-state index is 11.7. The molecule has 2 aromatic heterocycles. The van der Waals surface area contributed by atoms with E-state index in [0.29, 0.717) is 23.3 Å². The summed E-state index contributed by atoms with van der Waals surface area (Å²) in [7, 11) is 0. The van der Waals surface area contributed by atoms with Crippen LogP contribution in [0.15, 0.2) is 41.4 Å². The van der Waals surface area contributed by atoms with E-state index in [4.69, 9.17) is 0 Å². The number of hydrogen-bond acceptors (Lipinski definition) is 4. The lowest BCUT2D eigenvalue weighted by molar-refractivity contribution is 0.0948. The molecule has 2 rings (SSSR count). The van der Waals surface area contributed by atoms with Crippen molar-refractivity contribution in [1.29, 1.82) is 0 Å². The predicted octanol–water partition coefficient (Wildman–Crippen LogP) is 1.61. The number of halogens is 1. The van der Waals surface area contributed by atoms with Crippen molar-refractivity contribution in [2.45, 2.75) is 6.42 Å². The van der Waals surface area contributed by atoms with Crippen LogP contribution in [0.1, 0.15) is 16.2 Å². The molecule has 0 saturated carbocycles. The van der Waals surface area contributed by atoms with E-state index < -0.39 is 0 Å². The molecular formula is C12H11BrN4O. The summed E-state index contributed by atoms with van der Waals surface area (Å²) >= 11 is 3.16. The molecule has 92 valence electrons. The zero-order valence-electron chi connectivity index (χ0n) is 9.51. The summed E-state index contributed by atoms with van der Waals surface area (Å²) < 4.78 is 0.604. The lowest BCUT2D eigenvalue weighted by Crippen LogP contribution is -2.26. The molecule has 0 spiro atoms. The third-order valence-electron chi connectivity index (χ3n) is 2.25. The summed E-state index contributed by atoms with van der Waals surface area (Å²) in [5.41, 5.74) is 1.25. The molecule has 0 unspecified atom stereocenters. The molecule has 0 aliphatic carbocycles. The Bertz CT molecular complexity index is 515. The first-order valence-corrected chi connectivity index (χ1v) is 6.20. The number of aromatic nitrogens is 3. The van der Waals surface area contributed by atoms with Crippen molar-refractivity contribution in [2.75, 3.05) is 6.54 Å². The van der Waals surface area contributed by atoms with Gasteiger partial charge in [0.2, 0.25) is 0 Å². The molecule has 0 aliphatic heterocycles. The summed E-state index contributed by atoms with van der Waals surface area (Å²) in [6.45, 7) is 0.521. The summed E-state index contributed by atoms with van der Waals surface area (Å²) in [6.07, 6.45) is 5.35. The summed E-state index contributed by atoms with van der Waals surface area (Å²) in [6, 6.07) is 5.70. The smallest absolute Gasteiger partial charge is 0.271 e. The average molecular weight is 307 g/mol. The van der Waals surface area contributed by atoms with Gasteiger partial charge in [-0.2, -0.15) is 0 Å². The van der Waals surface area contributed by atoms with Crippen LogP contribution in [0, 0.1) is 0 Å². The largest absolute Gasteiger partial charge is 0.350 e. The Morgan fingerprint density at radius 2 is 2.11 bits per heavy atom. The van der Waals surface area contributed by atoms with Crippen molar-refractivity contribution in [3.8, 4) is 0 Å². The van der Waals surface area contributed by atoms with Crippen LogP contribution >= 0.6 is 15.9 Å². The van der Waals surface area contributed by atoms with Gasteiger partial charge in [0.05, 0.1) is 12.4 Å². The Kier molecular flexibility index (Phi) is 4.35. The van der Waals surface area contributed by atoms with Gasteiger partial charge in [-0.25, -0.2) is 9.97 Å². The van der Waals surface area contributed by atoms with Gasteiger partial charge >= 0.3 is 0 Å². The molecular weight excluding hydrogens is 296 g/mol. The van der Waals surface area contributed by atoms with Gasteiger partial charge in [0.1, 0.15) is 10.3 Å². The van der Waals surface area contributed by atoms with E-state index in [2.05, 4.69) is 36.2 Å². The van der Waals surface area contributed by atoms with Gasteiger partial charge < -0.3 is 5.32 Å². The zero-order chi connectivity index (χ0) is 12.8. The van der Waals surface area contributed by atoms with Gasteiger partial charge in [-0.1, -0.05) is 6.07 Å². The van der Waals surface area contributed by atoms with Crippen molar-refractivity contribution in [3.63, 3.8) is 0 Å². The van der Waals surface area contributed by atoms with Gasteiger partial charge in [0, 0.05) is 24.9 Å². The second kappa shape index (κ2) is 6.20. The highest BCUT2D eigenvalue weighted by atomic mass is 79.9. The van der Waals surface area contributed by atoms with Crippen LogP contribution in [0.25, 0.3) is 0 Å². The molecule has 18 heavy (non-hydrogen) atoms. The molecule has 0 aromatic carbocycles. The van der Waals surface area contributed by atoms with E-state index in [1.165, 1.54) is 12.4 Å². The Labute approximate surface area is 113 Å². The Morgan fingerprint density at radius 1 is 1.22 bits per heavy atom. The van der Waals surface area contributed by atoms with Crippen LogP contribution in [0.4, 0.5) is 0 Å². The van der Waals surface area contributed by atoms with Gasteiger partial charge in [0.25, 0.3) is 5.91 Å². The predicted molar refractivity (Wildman–Crippen MR) is 70.0 cm³/mol. The molecule has 2 aromatic rings. The SMILES string of the molecule is O=C(NCCc1ccccn1)c1cnc(Br)cn1. The molecule has 6 heteroatoms. The normalized spacial score (nSPS) is 10.1. The van der Waals surface area contributed by atoms with E-state index in [-0.39, 0.29) is 5.91 Å². The Balaban J connectivity index is 1.84.